The van der Waals surface area contributed by atoms with Crippen molar-refractivity contribution in [3.05, 3.63) is 18.4 Å². The van der Waals surface area contributed by atoms with Crippen molar-refractivity contribution in [2.75, 3.05) is 13.1 Å². The number of nitrogens with one attached hydrogen (secondary N) is 1. The van der Waals surface area contributed by atoms with Gasteiger partial charge in [-0.25, -0.2) is 15.4 Å². The predicted molar refractivity (Wildman–Crippen MR) is 48.8 cm³/mol. The molecule has 0 radical (unpaired) electrons. The summed E-state index contributed by atoms with van der Waals surface area (Å²) in [6, 6.07) is 0. The lowest BCUT2D eigenvalue weighted by Crippen LogP contribution is -2.41. The number of nitrogens with zero attached hydrogens (tertiary/aromatic N) is 2. The summed E-state index contributed by atoms with van der Waals surface area (Å²) in [5.41, 5.74) is 4.30. The maximum absolute atomic E-state index is 4.88. The molecule has 1 fully saturated rings. The summed E-state index contributed by atoms with van der Waals surface area (Å²) in [5.74, 6) is 0. The molecule has 4 nitrogen and oxygen atoms in total. The SMILES string of the molecule is c1nc(CNN2CCCCC2)co1. The summed E-state index contributed by atoms with van der Waals surface area (Å²) in [4.78, 5) is 4.04. The minimum atomic E-state index is 0.774. The summed E-state index contributed by atoms with van der Waals surface area (Å²) >= 11 is 0. The molecule has 1 aliphatic rings. The molecule has 0 aliphatic carbocycles. The summed E-state index contributed by atoms with van der Waals surface area (Å²) in [6.45, 7) is 3.08. The minimum absolute atomic E-state index is 0.774. The van der Waals surface area contributed by atoms with Gasteiger partial charge in [-0.1, -0.05) is 6.42 Å². The molecule has 1 aromatic rings. The van der Waals surface area contributed by atoms with Crippen LogP contribution in [-0.4, -0.2) is 23.1 Å². The highest BCUT2D eigenvalue weighted by Gasteiger charge is 2.09. The lowest BCUT2D eigenvalue weighted by atomic mass is 10.2. The van der Waals surface area contributed by atoms with Crippen LogP contribution in [0.3, 0.4) is 0 Å². The van der Waals surface area contributed by atoms with Crippen LogP contribution in [0.25, 0.3) is 0 Å². The third-order valence-electron chi connectivity index (χ3n) is 2.32. The molecule has 1 saturated heterocycles. The molecule has 0 atom stereocenters. The van der Waals surface area contributed by atoms with Crippen LogP contribution in [-0.2, 0) is 6.54 Å². The molecule has 0 unspecified atom stereocenters. The van der Waals surface area contributed by atoms with E-state index in [0.717, 1.165) is 25.3 Å². The van der Waals surface area contributed by atoms with Crippen LogP contribution in [0, 0.1) is 0 Å². The van der Waals surface area contributed by atoms with Gasteiger partial charge in [-0.3, -0.25) is 0 Å². The zero-order valence-corrected chi connectivity index (χ0v) is 7.70. The monoisotopic (exact) mass is 181 g/mol. The average Bonchev–Trinajstić information content (AvgIpc) is 2.69. The lowest BCUT2D eigenvalue weighted by Gasteiger charge is -2.26. The minimum Gasteiger partial charge on any atom is -0.451 e. The molecule has 1 N–H and O–H groups in total. The van der Waals surface area contributed by atoms with Gasteiger partial charge in [0.25, 0.3) is 0 Å². The standard InChI is InChI=1S/C9H15N3O/c1-2-4-12(5-3-1)11-6-9-7-13-8-10-9/h7-8,11H,1-6H2. The Balaban J connectivity index is 1.72. The van der Waals surface area contributed by atoms with Gasteiger partial charge in [0, 0.05) is 13.1 Å². The van der Waals surface area contributed by atoms with Gasteiger partial charge in [-0.15, -0.1) is 0 Å². The van der Waals surface area contributed by atoms with Crippen molar-refractivity contribution in [2.45, 2.75) is 25.8 Å². The van der Waals surface area contributed by atoms with Crippen molar-refractivity contribution in [3.8, 4) is 0 Å². The summed E-state index contributed by atoms with van der Waals surface area (Å²) in [5, 5.41) is 2.26. The number of hydrogen-bond acceptors (Lipinski definition) is 4. The second-order valence-corrected chi connectivity index (χ2v) is 3.36. The number of hydrogen-bond donors (Lipinski definition) is 1. The Labute approximate surface area is 77.9 Å². The lowest BCUT2D eigenvalue weighted by molar-refractivity contribution is 0.150. The van der Waals surface area contributed by atoms with E-state index >= 15 is 0 Å². The highest BCUT2D eigenvalue weighted by atomic mass is 16.3. The largest absolute Gasteiger partial charge is 0.451 e. The molecule has 0 bridgehead atoms. The van der Waals surface area contributed by atoms with E-state index in [4.69, 9.17) is 4.42 Å². The van der Waals surface area contributed by atoms with Crippen LogP contribution < -0.4 is 5.43 Å². The van der Waals surface area contributed by atoms with Gasteiger partial charge in [0.05, 0.1) is 12.2 Å². The van der Waals surface area contributed by atoms with Crippen molar-refractivity contribution in [1.82, 2.24) is 15.4 Å². The zero-order valence-electron chi connectivity index (χ0n) is 7.70. The van der Waals surface area contributed by atoms with Crippen molar-refractivity contribution < 1.29 is 4.42 Å². The smallest absolute Gasteiger partial charge is 0.180 e. The maximum Gasteiger partial charge on any atom is 0.180 e. The number of oxazole rings is 1. The van der Waals surface area contributed by atoms with Crippen molar-refractivity contribution in [3.63, 3.8) is 0 Å². The third-order valence-corrected chi connectivity index (χ3v) is 2.32. The Morgan fingerprint density at radius 2 is 2.23 bits per heavy atom. The van der Waals surface area contributed by atoms with Gasteiger partial charge in [0.1, 0.15) is 6.26 Å². The summed E-state index contributed by atoms with van der Waals surface area (Å²) < 4.78 is 4.88. The number of rotatable bonds is 3. The van der Waals surface area contributed by atoms with Crippen LogP contribution >= 0.6 is 0 Å². The van der Waals surface area contributed by atoms with Gasteiger partial charge >= 0.3 is 0 Å². The van der Waals surface area contributed by atoms with E-state index in [9.17, 15) is 0 Å². The van der Waals surface area contributed by atoms with Crippen LogP contribution in [0.2, 0.25) is 0 Å². The first-order valence-electron chi connectivity index (χ1n) is 4.81. The fourth-order valence-corrected chi connectivity index (χ4v) is 1.57. The van der Waals surface area contributed by atoms with Crippen LogP contribution in [0.4, 0.5) is 0 Å². The Kier molecular flexibility index (Phi) is 2.94. The number of aromatic nitrogens is 1. The molecule has 13 heavy (non-hydrogen) atoms. The molecule has 0 spiro atoms. The number of piperidine rings is 1. The second kappa shape index (κ2) is 4.39. The molecule has 72 valence electrons. The van der Waals surface area contributed by atoms with Crippen LogP contribution in [0.5, 0.6) is 0 Å². The van der Waals surface area contributed by atoms with E-state index in [0.29, 0.717) is 0 Å². The zero-order chi connectivity index (χ0) is 8.93. The summed E-state index contributed by atoms with van der Waals surface area (Å²) in [6.07, 6.45) is 7.10. The van der Waals surface area contributed by atoms with Crippen LogP contribution in [0.1, 0.15) is 25.0 Å². The van der Waals surface area contributed by atoms with Gasteiger partial charge in [-0.2, -0.15) is 0 Å². The van der Waals surface area contributed by atoms with E-state index in [1.54, 1.807) is 6.26 Å². The van der Waals surface area contributed by atoms with Gasteiger partial charge < -0.3 is 4.42 Å². The first-order chi connectivity index (χ1) is 6.45. The average molecular weight is 181 g/mol. The van der Waals surface area contributed by atoms with Gasteiger partial charge in [0.15, 0.2) is 6.39 Å². The van der Waals surface area contributed by atoms with Crippen molar-refractivity contribution >= 4 is 0 Å². The normalized spacial score (nSPS) is 19.1. The Morgan fingerprint density at radius 3 is 2.92 bits per heavy atom. The Morgan fingerprint density at radius 1 is 1.38 bits per heavy atom. The molecule has 0 saturated carbocycles. The maximum atomic E-state index is 4.88. The Bertz CT molecular complexity index is 229. The molecule has 2 heterocycles. The molecular weight excluding hydrogens is 166 g/mol. The quantitative estimate of drug-likeness (QED) is 0.760. The number of hydrazine groups is 1. The highest BCUT2D eigenvalue weighted by molar-refractivity contribution is 4.89. The third kappa shape index (κ3) is 2.54. The molecule has 2 rings (SSSR count). The molecule has 4 heteroatoms. The second-order valence-electron chi connectivity index (χ2n) is 3.36. The molecule has 0 aromatic carbocycles. The van der Waals surface area contributed by atoms with Gasteiger partial charge in [0.2, 0.25) is 0 Å². The predicted octanol–water partition coefficient (Wildman–Crippen LogP) is 1.17. The summed E-state index contributed by atoms with van der Waals surface area (Å²) in [7, 11) is 0. The Hall–Kier alpha value is -0.870. The molecule has 0 amide bonds. The topological polar surface area (TPSA) is 41.3 Å². The van der Waals surface area contributed by atoms with E-state index < -0.39 is 0 Å². The molecular formula is C9H15N3O. The van der Waals surface area contributed by atoms with Crippen molar-refractivity contribution in [1.29, 1.82) is 0 Å². The highest BCUT2D eigenvalue weighted by Crippen LogP contribution is 2.06. The van der Waals surface area contributed by atoms with E-state index in [-0.39, 0.29) is 0 Å². The van der Waals surface area contributed by atoms with E-state index in [2.05, 4.69) is 15.4 Å². The fourth-order valence-electron chi connectivity index (χ4n) is 1.57. The van der Waals surface area contributed by atoms with E-state index in [1.807, 2.05) is 0 Å². The fraction of sp³-hybridized carbons (Fsp3) is 0.667. The van der Waals surface area contributed by atoms with Crippen LogP contribution in [0.15, 0.2) is 17.1 Å². The molecule has 1 aliphatic heterocycles. The first kappa shape index (κ1) is 8.72. The molecule has 1 aromatic heterocycles. The first-order valence-corrected chi connectivity index (χ1v) is 4.81. The van der Waals surface area contributed by atoms with Crippen molar-refractivity contribution in [2.24, 2.45) is 0 Å². The van der Waals surface area contributed by atoms with Gasteiger partial charge in [-0.05, 0) is 12.8 Å². The van der Waals surface area contributed by atoms with E-state index in [1.165, 1.54) is 25.7 Å².